The number of aromatic nitrogens is 4. The summed E-state index contributed by atoms with van der Waals surface area (Å²) >= 11 is 0. The van der Waals surface area contributed by atoms with Crippen LogP contribution >= 0.6 is 0 Å². The molecule has 1 saturated carbocycles. The van der Waals surface area contributed by atoms with Crippen LogP contribution in [0.15, 0.2) is 91.0 Å². The number of piperidine rings is 1. The van der Waals surface area contributed by atoms with E-state index < -0.39 is 24.3 Å². The zero-order valence-electron chi connectivity index (χ0n) is 35.7. The Morgan fingerprint density at radius 1 is 0.714 bits per heavy atom. The molecule has 3 fully saturated rings. The number of amides is 4. The van der Waals surface area contributed by atoms with Gasteiger partial charge >= 0.3 is 12.2 Å². The smallest absolute Gasteiger partial charge is 0.407 e. The van der Waals surface area contributed by atoms with E-state index in [0.29, 0.717) is 12.1 Å². The number of nitrogens with one attached hydrogen (secondary N) is 4. The van der Waals surface area contributed by atoms with E-state index in [1.807, 2.05) is 60.0 Å². The van der Waals surface area contributed by atoms with Crippen LogP contribution in [0.25, 0.3) is 54.7 Å². The van der Waals surface area contributed by atoms with Gasteiger partial charge in [-0.15, -0.1) is 0 Å². The summed E-state index contributed by atoms with van der Waals surface area (Å²) in [5.41, 5.74) is 6.34. The highest BCUT2D eigenvalue weighted by atomic mass is 16.5. The Bertz CT molecular complexity index is 2930. The highest BCUT2D eigenvalue weighted by Crippen LogP contribution is 2.51. The van der Waals surface area contributed by atoms with Gasteiger partial charge in [-0.2, -0.15) is 0 Å². The fourth-order valence-corrected chi connectivity index (χ4v) is 10.4. The van der Waals surface area contributed by atoms with Crippen molar-refractivity contribution in [1.82, 2.24) is 40.4 Å². The van der Waals surface area contributed by atoms with Gasteiger partial charge in [0, 0.05) is 23.4 Å². The lowest BCUT2D eigenvalue weighted by Gasteiger charge is -2.36. The molecule has 0 spiro atoms. The second-order valence-electron chi connectivity index (χ2n) is 17.5. The predicted octanol–water partition coefficient (Wildman–Crippen LogP) is 8.61. The summed E-state index contributed by atoms with van der Waals surface area (Å²) in [6, 6.07) is 28.5. The number of alkyl carbamates (subject to hydrolysis) is 2. The van der Waals surface area contributed by atoms with Crippen LogP contribution in [-0.2, 0) is 19.1 Å². The van der Waals surface area contributed by atoms with Crippen LogP contribution in [0.4, 0.5) is 9.59 Å². The first-order valence-corrected chi connectivity index (χ1v) is 21.8. The van der Waals surface area contributed by atoms with E-state index in [1.54, 1.807) is 0 Å². The molecule has 14 nitrogen and oxygen atoms in total. The van der Waals surface area contributed by atoms with Crippen molar-refractivity contribution >= 4 is 67.6 Å². The van der Waals surface area contributed by atoms with Gasteiger partial charge in [-0.25, -0.2) is 19.6 Å². The van der Waals surface area contributed by atoms with Gasteiger partial charge in [0.25, 0.3) is 5.91 Å². The van der Waals surface area contributed by atoms with Gasteiger partial charge < -0.3 is 39.9 Å². The average molecular weight is 847 g/mol. The molecule has 4 amide bonds. The first kappa shape index (κ1) is 40.1. The number of aromatic amines is 2. The highest BCUT2D eigenvalue weighted by molar-refractivity contribution is 6.07. The number of H-pyrrole nitrogens is 2. The molecule has 0 radical (unpaired) electrons. The summed E-state index contributed by atoms with van der Waals surface area (Å²) in [7, 11) is 2.60. The van der Waals surface area contributed by atoms with Crippen molar-refractivity contribution in [1.29, 1.82) is 0 Å². The molecule has 1 aliphatic carbocycles. The molecule has 14 heteroatoms. The number of imidazole rings is 2. The van der Waals surface area contributed by atoms with Crippen LogP contribution < -0.4 is 10.6 Å². The second kappa shape index (κ2) is 16.1. The Morgan fingerprint density at radius 2 is 1.33 bits per heavy atom. The minimum atomic E-state index is -0.885. The Labute approximate surface area is 363 Å². The largest absolute Gasteiger partial charge is 0.453 e. The first-order chi connectivity index (χ1) is 30.6. The van der Waals surface area contributed by atoms with E-state index in [9.17, 15) is 19.2 Å². The number of likely N-dealkylation sites (tertiary alicyclic amines) is 2. The fraction of sp³-hybridized carbons (Fsp3) is 0.347. The maximum absolute atomic E-state index is 14.5. The lowest BCUT2D eigenvalue weighted by atomic mass is 9.96. The molecular weight excluding hydrogens is 797 g/mol. The summed E-state index contributed by atoms with van der Waals surface area (Å²) in [6.07, 6.45) is 3.15. The molecule has 6 atom stereocenters. The van der Waals surface area contributed by atoms with Gasteiger partial charge in [-0.3, -0.25) is 9.59 Å². The lowest BCUT2D eigenvalue weighted by molar-refractivity contribution is -0.138. The van der Waals surface area contributed by atoms with Crippen LogP contribution in [0, 0.1) is 11.8 Å². The maximum atomic E-state index is 14.5. The second-order valence-corrected chi connectivity index (χ2v) is 17.5. The molecule has 2 aromatic heterocycles. The zero-order valence-corrected chi connectivity index (χ0v) is 35.7. The van der Waals surface area contributed by atoms with Crippen molar-refractivity contribution in [2.75, 3.05) is 20.8 Å². The molecule has 1 unspecified atom stereocenters. The number of fused-ring (bicyclic) bond motifs is 8. The standard InChI is InChI=1S/C49H50N8O6/c1-26(2)39(54-48(60)62-3)46(58)56-22-8-11-38(56)44-50-36-20-15-30-23-28(13-18-34(30)41(36)52-44)29-14-19-35-31(24-29)16-21-37-42(35)53-45(51-37)43-32-12-17-33(25-32)57(43)47(59)40(55-49(61)63-4)27-9-6-5-7-10-27/h5-7,9-10,13-16,18-21,23-24,26,32-33,38-40,43H,8,11-12,17,22,25H2,1-4H3,(H,50,52)(H,51,53)(H,54,60)(H,55,61)/t32-,33+,38-,39?,40+,43-/m0/s1. The third-order valence-corrected chi connectivity index (χ3v) is 13.5. The van der Waals surface area contributed by atoms with E-state index in [4.69, 9.17) is 19.4 Å². The fourth-order valence-electron chi connectivity index (χ4n) is 10.4. The number of carbonyl (C=O) groups excluding carboxylic acids is 4. The van der Waals surface area contributed by atoms with Gasteiger partial charge in [0.2, 0.25) is 5.91 Å². The summed E-state index contributed by atoms with van der Waals surface area (Å²) in [5.74, 6) is 1.34. The Balaban J connectivity index is 0.925. The Morgan fingerprint density at radius 3 is 1.97 bits per heavy atom. The van der Waals surface area contributed by atoms with Gasteiger partial charge in [-0.1, -0.05) is 80.6 Å². The molecule has 4 N–H and O–H groups in total. The van der Waals surface area contributed by atoms with Crippen LogP contribution in [-0.4, -0.2) is 86.6 Å². The summed E-state index contributed by atoms with van der Waals surface area (Å²) in [4.78, 5) is 74.0. The molecule has 5 aromatic carbocycles. The van der Waals surface area contributed by atoms with Gasteiger partial charge in [0.05, 0.1) is 48.4 Å². The number of rotatable bonds is 9. The molecule has 10 rings (SSSR count). The van der Waals surface area contributed by atoms with Crippen LogP contribution in [0.1, 0.15) is 81.3 Å². The van der Waals surface area contributed by atoms with E-state index in [1.165, 1.54) is 14.2 Å². The van der Waals surface area contributed by atoms with Crippen molar-refractivity contribution in [2.24, 2.45) is 11.8 Å². The molecule has 4 heterocycles. The molecule has 7 aromatic rings. The van der Waals surface area contributed by atoms with Gasteiger partial charge in [0.15, 0.2) is 0 Å². The number of methoxy groups -OCH3 is 2. The number of hydrogen-bond donors (Lipinski definition) is 4. The quantitative estimate of drug-likeness (QED) is 0.112. The van der Waals surface area contributed by atoms with E-state index in [0.717, 1.165) is 98.5 Å². The van der Waals surface area contributed by atoms with Crippen LogP contribution in [0.3, 0.4) is 0 Å². The molecule has 2 bridgehead atoms. The highest BCUT2D eigenvalue weighted by Gasteiger charge is 2.51. The number of hydrogen-bond acceptors (Lipinski definition) is 8. The van der Waals surface area contributed by atoms with E-state index >= 15 is 0 Å². The topological polar surface area (TPSA) is 175 Å². The van der Waals surface area contributed by atoms with Gasteiger partial charge in [0.1, 0.15) is 23.7 Å². The SMILES string of the molecule is COC(=O)NC(C(=O)N1CCC[C@H]1c1nc2c(ccc3cc(-c4ccc5c(ccc6[nH]c([C@@H]7[C@H]8CC[C@H](C8)N7C(=O)[C@H](NC(=O)OC)c7ccccc7)nc65)c4)ccc32)[nH]1)C(C)C. The van der Waals surface area contributed by atoms with Crippen molar-refractivity contribution in [3.63, 3.8) is 0 Å². The number of nitrogens with zero attached hydrogens (tertiary/aromatic N) is 4. The summed E-state index contributed by atoms with van der Waals surface area (Å²) < 4.78 is 9.72. The van der Waals surface area contributed by atoms with Crippen molar-refractivity contribution in [3.05, 3.63) is 108 Å². The van der Waals surface area contributed by atoms with Crippen molar-refractivity contribution < 1.29 is 28.7 Å². The Kier molecular flexibility index (Phi) is 10.2. The van der Waals surface area contributed by atoms with E-state index in [2.05, 4.69) is 75.2 Å². The maximum Gasteiger partial charge on any atom is 0.407 e. The normalized spacial score (nSPS) is 20.5. The zero-order chi connectivity index (χ0) is 43.5. The minimum Gasteiger partial charge on any atom is -0.453 e. The summed E-state index contributed by atoms with van der Waals surface area (Å²) in [6.45, 7) is 4.41. The molecule has 3 aliphatic rings. The van der Waals surface area contributed by atoms with Crippen molar-refractivity contribution in [3.8, 4) is 11.1 Å². The predicted molar refractivity (Wildman–Crippen MR) is 239 cm³/mol. The number of carbonyl (C=O) groups is 4. The lowest BCUT2D eigenvalue weighted by Crippen LogP contribution is -2.51. The molecular formula is C49H50N8O6. The average Bonchev–Trinajstić information content (AvgIpc) is 4.17. The Hall–Kier alpha value is -6.96. The van der Waals surface area contributed by atoms with E-state index in [-0.39, 0.29) is 41.8 Å². The minimum absolute atomic E-state index is 0.0629. The molecule has 2 saturated heterocycles. The third-order valence-electron chi connectivity index (χ3n) is 13.5. The van der Waals surface area contributed by atoms with Crippen LogP contribution in [0.5, 0.6) is 0 Å². The number of ether oxygens (including phenoxy) is 2. The monoisotopic (exact) mass is 846 g/mol. The van der Waals surface area contributed by atoms with Crippen LogP contribution in [0.2, 0.25) is 0 Å². The molecule has 2 aliphatic heterocycles. The molecule has 63 heavy (non-hydrogen) atoms. The number of benzene rings is 5. The summed E-state index contributed by atoms with van der Waals surface area (Å²) in [5, 5.41) is 9.64. The van der Waals surface area contributed by atoms with Gasteiger partial charge in [-0.05, 0) is 95.7 Å². The molecule has 322 valence electrons. The first-order valence-electron chi connectivity index (χ1n) is 21.8. The third kappa shape index (κ3) is 7.07. The van der Waals surface area contributed by atoms with Crippen molar-refractivity contribution in [2.45, 2.75) is 76.2 Å².